The van der Waals surface area contributed by atoms with E-state index in [4.69, 9.17) is 5.84 Å². The van der Waals surface area contributed by atoms with Crippen molar-refractivity contribution in [2.45, 2.75) is 13.0 Å². The van der Waals surface area contributed by atoms with Gasteiger partial charge in [-0.1, -0.05) is 28.1 Å². The van der Waals surface area contributed by atoms with Gasteiger partial charge in [-0.2, -0.15) is 5.10 Å². The minimum absolute atomic E-state index is 0.108. The molecule has 4 nitrogen and oxygen atoms in total. The summed E-state index contributed by atoms with van der Waals surface area (Å²) >= 11 is 7.04. The molecule has 0 saturated heterocycles. The van der Waals surface area contributed by atoms with E-state index < -0.39 is 0 Å². The van der Waals surface area contributed by atoms with Gasteiger partial charge < -0.3 is 0 Å². The van der Waals surface area contributed by atoms with Crippen molar-refractivity contribution in [3.63, 3.8) is 0 Å². The molecule has 0 spiro atoms. The van der Waals surface area contributed by atoms with Crippen LogP contribution in [0.4, 0.5) is 0 Å². The summed E-state index contributed by atoms with van der Waals surface area (Å²) < 4.78 is 3.81. The molecule has 1 aromatic carbocycles. The molecular formula is C12H14Br2N4. The first kappa shape index (κ1) is 13.7. The zero-order chi connectivity index (χ0) is 13.3. The number of aromatic nitrogens is 2. The highest BCUT2D eigenvalue weighted by Gasteiger charge is 2.19. The van der Waals surface area contributed by atoms with Gasteiger partial charge in [0.1, 0.15) is 0 Å². The Labute approximate surface area is 123 Å². The predicted octanol–water partition coefficient (Wildman–Crippen LogP) is 2.81. The Hall–Kier alpha value is -0.690. The number of benzene rings is 1. The highest BCUT2D eigenvalue weighted by atomic mass is 79.9. The van der Waals surface area contributed by atoms with Gasteiger partial charge >= 0.3 is 0 Å². The second-order valence-corrected chi connectivity index (χ2v) is 5.82. The Morgan fingerprint density at radius 1 is 1.33 bits per heavy atom. The first-order valence-electron chi connectivity index (χ1n) is 5.44. The molecule has 0 aliphatic rings. The van der Waals surface area contributed by atoms with E-state index in [1.165, 1.54) is 5.56 Å². The van der Waals surface area contributed by atoms with Crippen molar-refractivity contribution in [3.05, 3.63) is 50.2 Å². The quantitative estimate of drug-likeness (QED) is 0.642. The van der Waals surface area contributed by atoms with Crippen LogP contribution < -0.4 is 11.3 Å². The van der Waals surface area contributed by atoms with E-state index in [-0.39, 0.29) is 6.04 Å². The fourth-order valence-electron chi connectivity index (χ4n) is 1.87. The van der Waals surface area contributed by atoms with Crippen molar-refractivity contribution in [2.24, 2.45) is 12.9 Å². The molecule has 6 heteroatoms. The highest BCUT2D eigenvalue weighted by molar-refractivity contribution is 9.10. The molecule has 1 unspecified atom stereocenters. The lowest BCUT2D eigenvalue weighted by atomic mass is 10.0. The Kier molecular flexibility index (Phi) is 4.21. The number of nitrogens with two attached hydrogens (primary N) is 1. The number of hydrazine groups is 1. The number of hydrogen-bond donors (Lipinski definition) is 2. The summed E-state index contributed by atoms with van der Waals surface area (Å²) in [6.45, 7) is 2.05. The number of aryl methyl sites for hydroxylation is 2. The van der Waals surface area contributed by atoms with Crippen molar-refractivity contribution < 1.29 is 0 Å². The molecule has 0 aliphatic heterocycles. The third kappa shape index (κ3) is 2.51. The van der Waals surface area contributed by atoms with Crippen molar-refractivity contribution in [3.8, 4) is 0 Å². The predicted molar refractivity (Wildman–Crippen MR) is 79.0 cm³/mol. The van der Waals surface area contributed by atoms with E-state index in [1.807, 2.05) is 11.7 Å². The Balaban J connectivity index is 2.48. The smallest absolute Gasteiger partial charge is 0.0890 e. The van der Waals surface area contributed by atoms with Gasteiger partial charge in [0.2, 0.25) is 0 Å². The Morgan fingerprint density at radius 3 is 2.56 bits per heavy atom. The molecule has 18 heavy (non-hydrogen) atoms. The standard InChI is InChI=1S/C12H14Br2N4/c1-7-3-4-8(5-9(7)13)11(17-15)12-10(14)6-16-18(12)2/h3-6,11,17H,15H2,1-2H3. The van der Waals surface area contributed by atoms with Gasteiger partial charge in [-0.15, -0.1) is 0 Å². The molecule has 1 heterocycles. The third-order valence-corrected chi connectivity index (χ3v) is 4.37. The maximum Gasteiger partial charge on any atom is 0.0890 e. The van der Waals surface area contributed by atoms with Crippen LogP contribution in [0.3, 0.4) is 0 Å². The molecular weight excluding hydrogens is 360 g/mol. The van der Waals surface area contributed by atoms with Crippen molar-refractivity contribution in [1.29, 1.82) is 0 Å². The van der Waals surface area contributed by atoms with Gasteiger partial charge in [-0.05, 0) is 40.0 Å². The fourth-order valence-corrected chi connectivity index (χ4v) is 2.84. The van der Waals surface area contributed by atoms with E-state index in [0.717, 1.165) is 20.2 Å². The van der Waals surface area contributed by atoms with Crippen LogP contribution in [0.1, 0.15) is 22.9 Å². The lowest BCUT2D eigenvalue weighted by Crippen LogP contribution is -2.30. The topological polar surface area (TPSA) is 55.9 Å². The summed E-state index contributed by atoms with van der Waals surface area (Å²) in [6, 6.07) is 6.08. The molecule has 0 aliphatic carbocycles. The van der Waals surface area contributed by atoms with E-state index in [9.17, 15) is 0 Å². The van der Waals surface area contributed by atoms with Crippen LogP contribution in [-0.2, 0) is 7.05 Å². The summed E-state index contributed by atoms with van der Waals surface area (Å²) in [5.74, 6) is 5.69. The van der Waals surface area contributed by atoms with Crippen LogP contribution in [0.15, 0.2) is 33.3 Å². The number of hydrogen-bond acceptors (Lipinski definition) is 3. The monoisotopic (exact) mass is 372 g/mol. The average Bonchev–Trinajstić information content (AvgIpc) is 2.66. The first-order valence-corrected chi connectivity index (χ1v) is 7.02. The first-order chi connectivity index (χ1) is 8.54. The van der Waals surface area contributed by atoms with Crippen molar-refractivity contribution >= 4 is 31.9 Å². The molecule has 0 fully saturated rings. The second kappa shape index (κ2) is 5.52. The molecule has 1 atom stereocenters. The molecule has 0 bridgehead atoms. The van der Waals surface area contributed by atoms with Gasteiger partial charge in [0.05, 0.1) is 22.4 Å². The molecule has 0 radical (unpaired) electrons. The van der Waals surface area contributed by atoms with E-state index in [1.54, 1.807) is 6.20 Å². The normalized spacial score (nSPS) is 12.7. The van der Waals surface area contributed by atoms with Crippen LogP contribution in [0.5, 0.6) is 0 Å². The maximum atomic E-state index is 5.69. The van der Waals surface area contributed by atoms with E-state index in [2.05, 4.69) is 67.5 Å². The minimum atomic E-state index is -0.108. The summed E-state index contributed by atoms with van der Waals surface area (Å²) in [5.41, 5.74) is 6.11. The summed E-state index contributed by atoms with van der Waals surface area (Å²) in [6.07, 6.45) is 1.77. The van der Waals surface area contributed by atoms with Crippen molar-refractivity contribution in [2.75, 3.05) is 0 Å². The fraction of sp³-hybridized carbons (Fsp3) is 0.250. The SMILES string of the molecule is Cc1ccc(C(NN)c2c(Br)cnn2C)cc1Br. The molecule has 0 amide bonds. The molecule has 1 aromatic heterocycles. The maximum absolute atomic E-state index is 5.69. The zero-order valence-corrected chi connectivity index (χ0v) is 13.3. The molecule has 3 N–H and O–H groups in total. The average molecular weight is 374 g/mol. The summed E-state index contributed by atoms with van der Waals surface area (Å²) in [5, 5.41) is 4.21. The van der Waals surface area contributed by atoms with Crippen LogP contribution in [-0.4, -0.2) is 9.78 Å². The number of rotatable bonds is 3. The third-order valence-electron chi connectivity index (χ3n) is 2.91. The van der Waals surface area contributed by atoms with Crippen LogP contribution >= 0.6 is 31.9 Å². The lowest BCUT2D eigenvalue weighted by molar-refractivity contribution is 0.573. The minimum Gasteiger partial charge on any atom is -0.271 e. The van der Waals surface area contributed by atoms with E-state index in [0.29, 0.717) is 0 Å². The lowest BCUT2D eigenvalue weighted by Gasteiger charge is -2.18. The van der Waals surface area contributed by atoms with Gasteiger partial charge in [-0.25, -0.2) is 5.43 Å². The van der Waals surface area contributed by atoms with Crippen LogP contribution in [0, 0.1) is 6.92 Å². The largest absolute Gasteiger partial charge is 0.271 e. The van der Waals surface area contributed by atoms with Crippen molar-refractivity contribution in [1.82, 2.24) is 15.2 Å². The van der Waals surface area contributed by atoms with Gasteiger partial charge in [0.15, 0.2) is 0 Å². The molecule has 96 valence electrons. The van der Waals surface area contributed by atoms with E-state index >= 15 is 0 Å². The molecule has 2 rings (SSSR count). The second-order valence-electron chi connectivity index (χ2n) is 4.11. The molecule has 2 aromatic rings. The summed E-state index contributed by atoms with van der Waals surface area (Å²) in [4.78, 5) is 0. The van der Waals surface area contributed by atoms with Gasteiger partial charge in [-0.3, -0.25) is 10.5 Å². The number of nitrogens with zero attached hydrogens (tertiary/aromatic N) is 2. The Bertz CT molecular complexity index is 546. The highest BCUT2D eigenvalue weighted by Crippen LogP contribution is 2.29. The summed E-state index contributed by atoms with van der Waals surface area (Å²) in [7, 11) is 1.90. The van der Waals surface area contributed by atoms with Crippen LogP contribution in [0.2, 0.25) is 0 Å². The van der Waals surface area contributed by atoms with Gasteiger partial charge in [0, 0.05) is 11.5 Å². The number of halogens is 2. The number of nitrogens with one attached hydrogen (secondary N) is 1. The van der Waals surface area contributed by atoms with Crippen LogP contribution in [0.25, 0.3) is 0 Å². The van der Waals surface area contributed by atoms with Gasteiger partial charge in [0.25, 0.3) is 0 Å². The molecule has 0 saturated carbocycles. The zero-order valence-electron chi connectivity index (χ0n) is 10.1. The Morgan fingerprint density at radius 2 is 2.06 bits per heavy atom.